The van der Waals surface area contributed by atoms with Gasteiger partial charge in [0.05, 0.1) is 11.4 Å². The second-order valence-electron chi connectivity index (χ2n) is 9.67. The average molecular weight is 507 g/mol. The van der Waals surface area contributed by atoms with E-state index >= 15 is 0 Å². The standard InChI is InChI=1S/C29H34N4O2.ClH/c1-5-33-25-14-13-24(18-26(25)31(4)27(34)29(2,3)28(33)35)21-32(20-23-10-7-6-8-11-23)17-15-22-12-9-16-30-19-22;/h6-14,16,18-19H,5,15,17,20-21H2,1-4H3;1H. The quantitative estimate of drug-likeness (QED) is 0.399. The van der Waals surface area contributed by atoms with Gasteiger partial charge >= 0.3 is 0 Å². The number of carbonyl (C=O) groups is 2. The summed E-state index contributed by atoms with van der Waals surface area (Å²) in [4.78, 5) is 36.4. The molecule has 0 atom stereocenters. The molecule has 2 heterocycles. The lowest BCUT2D eigenvalue weighted by atomic mass is 9.90. The number of hydrogen-bond donors (Lipinski definition) is 0. The first kappa shape index (κ1) is 27.4. The molecule has 0 saturated carbocycles. The number of nitrogens with zero attached hydrogens (tertiary/aromatic N) is 4. The largest absolute Gasteiger partial charge is 0.313 e. The van der Waals surface area contributed by atoms with E-state index in [9.17, 15) is 9.59 Å². The molecule has 4 rings (SSSR count). The summed E-state index contributed by atoms with van der Waals surface area (Å²) in [6, 6.07) is 20.7. The van der Waals surface area contributed by atoms with Gasteiger partial charge in [0.25, 0.3) is 0 Å². The van der Waals surface area contributed by atoms with Crippen molar-refractivity contribution in [1.29, 1.82) is 0 Å². The van der Waals surface area contributed by atoms with Gasteiger partial charge in [-0.05, 0) is 62.1 Å². The predicted molar refractivity (Wildman–Crippen MR) is 147 cm³/mol. The summed E-state index contributed by atoms with van der Waals surface area (Å²) < 4.78 is 0. The summed E-state index contributed by atoms with van der Waals surface area (Å²) in [5, 5.41) is 0. The van der Waals surface area contributed by atoms with E-state index in [0.717, 1.165) is 43.0 Å². The number of pyridine rings is 1. The van der Waals surface area contributed by atoms with E-state index in [2.05, 4.69) is 52.3 Å². The van der Waals surface area contributed by atoms with Crippen molar-refractivity contribution >= 4 is 35.6 Å². The topological polar surface area (TPSA) is 56.8 Å². The molecule has 0 saturated heterocycles. The maximum absolute atomic E-state index is 13.2. The van der Waals surface area contributed by atoms with Gasteiger partial charge in [-0.2, -0.15) is 0 Å². The van der Waals surface area contributed by atoms with Gasteiger partial charge in [0.15, 0.2) is 0 Å². The second kappa shape index (κ2) is 11.7. The fraction of sp³-hybridized carbons (Fsp3) is 0.345. The molecular weight excluding hydrogens is 472 g/mol. The van der Waals surface area contributed by atoms with Gasteiger partial charge in [0.1, 0.15) is 5.41 Å². The minimum absolute atomic E-state index is 0. The number of benzene rings is 2. The molecule has 2 amide bonds. The summed E-state index contributed by atoms with van der Waals surface area (Å²) in [6.07, 6.45) is 4.61. The van der Waals surface area contributed by atoms with E-state index in [1.165, 1.54) is 11.1 Å². The SMILES string of the molecule is CCN1C(=O)C(C)(C)C(=O)N(C)c2cc(CN(CCc3cccnc3)Cc3ccccc3)ccc21.Cl. The molecule has 3 aromatic rings. The maximum atomic E-state index is 13.2. The Morgan fingerprint density at radius 1 is 0.861 bits per heavy atom. The number of halogens is 1. The van der Waals surface area contributed by atoms with Crippen molar-refractivity contribution in [3.63, 3.8) is 0 Å². The molecule has 0 bridgehead atoms. The number of fused-ring (bicyclic) bond motifs is 1. The van der Waals surface area contributed by atoms with Crippen LogP contribution in [0.1, 0.15) is 37.5 Å². The molecule has 0 radical (unpaired) electrons. The zero-order chi connectivity index (χ0) is 25.0. The van der Waals surface area contributed by atoms with Crippen LogP contribution in [0.2, 0.25) is 0 Å². The monoisotopic (exact) mass is 506 g/mol. The first-order valence-electron chi connectivity index (χ1n) is 12.2. The van der Waals surface area contributed by atoms with Gasteiger partial charge in [-0.15, -0.1) is 12.4 Å². The van der Waals surface area contributed by atoms with Crippen LogP contribution >= 0.6 is 12.4 Å². The first-order valence-corrected chi connectivity index (χ1v) is 12.2. The molecular formula is C29H35ClN4O2. The van der Waals surface area contributed by atoms with Crippen molar-refractivity contribution in [2.24, 2.45) is 5.41 Å². The Kier molecular flexibility index (Phi) is 8.88. The average Bonchev–Trinajstić information content (AvgIpc) is 2.92. The molecule has 0 spiro atoms. The molecule has 0 unspecified atom stereocenters. The highest BCUT2D eigenvalue weighted by atomic mass is 35.5. The zero-order valence-corrected chi connectivity index (χ0v) is 22.3. The van der Waals surface area contributed by atoms with Crippen LogP contribution in [-0.2, 0) is 29.1 Å². The van der Waals surface area contributed by atoms with Crippen LogP contribution in [0.15, 0.2) is 73.1 Å². The van der Waals surface area contributed by atoms with E-state index in [1.54, 1.807) is 36.9 Å². The maximum Gasteiger partial charge on any atom is 0.242 e. The van der Waals surface area contributed by atoms with Gasteiger partial charge < -0.3 is 9.80 Å². The molecule has 190 valence electrons. The van der Waals surface area contributed by atoms with E-state index in [4.69, 9.17) is 0 Å². The van der Waals surface area contributed by atoms with Gasteiger partial charge in [-0.25, -0.2) is 0 Å². The Morgan fingerprint density at radius 2 is 1.56 bits per heavy atom. The van der Waals surface area contributed by atoms with E-state index in [0.29, 0.717) is 6.54 Å². The number of anilines is 2. The lowest BCUT2D eigenvalue weighted by molar-refractivity contribution is -0.137. The van der Waals surface area contributed by atoms with E-state index in [1.807, 2.05) is 31.3 Å². The minimum atomic E-state index is -1.10. The van der Waals surface area contributed by atoms with E-state index in [-0.39, 0.29) is 24.2 Å². The van der Waals surface area contributed by atoms with Gasteiger partial charge in [0.2, 0.25) is 11.8 Å². The van der Waals surface area contributed by atoms with Crippen LogP contribution in [0.5, 0.6) is 0 Å². The molecule has 0 fully saturated rings. The number of carbonyl (C=O) groups excluding carboxylic acids is 2. The normalized spacial score (nSPS) is 14.9. The molecule has 36 heavy (non-hydrogen) atoms. The van der Waals surface area contributed by atoms with Crippen LogP contribution in [0, 0.1) is 5.41 Å². The number of rotatable bonds is 8. The van der Waals surface area contributed by atoms with Crippen LogP contribution < -0.4 is 9.80 Å². The molecule has 0 aliphatic carbocycles. The molecule has 6 nitrogen and oxygen atoms in total. The fourth-order valence-corrected chi connectivity index (χ4v) is 4.69. The van der Waals surface area contributed by atoms with E-state index < -0.39 is 5.41 Å². The zero-order valence-electron chi connectivity index (χ0n) is 21.5. The molecule has 1 aliphatic rings. The predicted octanol–water partition coefficient (Wildman–Crippen LogP) is 5.10. The highest BCUT2D eigenvalue weighted by molar-refractivity contribution is 6.19. The Hall–Kier alpha value is -3.22. The third kappa shape index (κ3) is 5.77. The van der Waals surface area contributed by atoms with Crippen molar-refractivity contribution in [3.05, 3.63) is 89.7 Å². The van der Waals surface area contributed by atoms with Crippen molar-refractivity contribution in [2.45, 2.75) is 40.3 Å². The number of aromatic nitrogens is 1. The van der Waals surface area contributed by atoms with Gasteiger partial charge in [-0.3, -0.25) is 19.5 Å². The highest BCUT2D eigenvalue weighted by Crippen LogP contribution is 2.39. The van der Waals surface area contributed by atoms with Crippen LogP contribution in [0.4, 0.5) is 11.4 Å². The second-order valence-corrected chi connectivity index (χ2v) is 9.67. The molecule has 1 aliphatic heterocycles. The number of hydrogen-bond acceptors (Lipinski definition) is 4. The Balaban J connectivity index is 0.00000361. The molecule has 2 aromatic carbocycles. The van der Waals surface area contributed by atoms with Gasteiger partial charge in [0, 0.05) is 45.6 Å². The molecule has 7 heteroatoms. The Morgan fingerprint density at radius 3 is 2.22 bits per heavy atom. The summed E-state index contributed by atoms with van der Waals surface area (Å²) in [6.45, 7) is 8.31. The summed E-state index contributed by atoms with van der Waals surface area (Å²) >= 11 is 0. The van der Waals surface area contributed by atoms with Crippen molar-refractivity contribution in [3.8, 4) is 0 Å². The smallest absolute Gasteiger partial charge is 0.242 e. The van der Waals surface area contributed by atoms with Crippen LogP contribution in [0.3, 0.4) is 0 Å². The van der Waals surface area contributed by atoms with Gasteiger partial charge in [-0.1, -0.05) is 42.5 Å². The summed E-state index contributed by atoms with van der Waals surface area (Å²) in [5.41, 5.74) is 4.02. The van der Waals surface area contributed by atoms with Crippen molar-refractivity contribution in [1.82, 2.24) is 9.88 Å². The lowest BCUT2D eigenvalue weighted by Gasteiger charge is -2.27. The number of amides is 2. The molecule has 1 aromatic heterocycles. The Bertz CT molecular complexity index is 1180. The van der Waals surface area contributed by atoms with Crippen molar-refractivity contribution < 1.29 is 9.59 Å². The van der Waals surface area contributed by atoms with Crippen LogP contribution in [0.25, 0.3) is 0 Å². The molecule has 0 N–H and O–H groups in total. The summed E-state index contributed by atoms with van der Waals surface area (Å²) in [7, 11) is 1.77. The Labute approximate surface area is 220 Å². The highest BCUT2D eigenvalue weighted by Gasteiger charge is 2.45. The third-order valence-electron chi connectivity index (χ3n) is 6.72. The minimum Gasteiger partial charge on any atom is -0.313 e. The van der Waals surface area contributed by atoms with Crippen LogP contribution in [-0.4, -0.2) is 41.8 Å². The lowest BCUT2D eigenvalue weighted by Crippen LogP contribution is -2.47. The fourth-order valence-electron chi connectivity index (χ4n) is 4.69. The third-order valence-corrected chi connectivity index (χ3v) is 6.72. The summed E-state index contributed by atoms with van der Waals surface area (Å²) in [5.74, 6) is -0.347. The van der Waals surface area contributed by atoms with Crippen molar-refractivity contribution in [2.75, 3.05) is 29.9 Å². The first-order chi connectivity index (χ1) is 16.8.